The summed E-state index contributed by atoms with van der Waals surface area (Å²) in [6, 6.07) is 70.5. The highest BCUT2D eigenvalue weighted by Gasteiger charge is 2.15. The van der Waals surface area contributed by atoms with Crippen LogP contribution in [0.5, 0.6) is 0 Å². The normalized spacial score (nSPS) is 11.4. The van der Waals surface area contributed by atoms with Crippen LogP contribution in [0, 0.1) is 5.41 Å². The molecule has 0 spiro atoms. The molecule has 1 N–H and O–H groups in total. The molecule has 9 aromatic rings. The van der Waals surface area contributed by atoms with Gasteiger partial charge in [0.25, 0.3) is 0 Å². The first kappa shape index (κ1) is 34.2. The summed E-state index contributed by atoms with van der Waals surface area (Å²) in [6.45, 7) is 0. The van der Waals surface area contributed by atoms with E-state index in [1.54, 1.807) is 0 Å². The largest absolute Gasteiger partial charge is 0.300 e. The van der Waals surface area contributed by atoms with E-state index in [-0.39, 0.29) is 0 Å². The molecular formula is C52H36N4. The maximum absolute atomic E-state index is 9.01. The Bertz CT molecular complexity index is 2830. The Morgan fingerprint density at radius 1 is 0.357 bits per heavy atom. The zero-order valence-corrected chi connectivity index (χ0v) is 30.5. The summed E-state index contributed by atoms with van der Waals surface area (Å²) < 4.78 is 0. The highest BCUT2D eigenvalue weighted by atomic mass is 15.0. The number of aromatic nitrogens is 3. The molecule has 9 rings (SSSR count). The van der Waals surface area contributed by atoms with Gasteiger partial charge in [-0.2, -0.15) is 0 Å². The average Bonchev–Trinajstić information content (AvgIpc) is 3.29. The van der Waals surface area contributed by atoms with Crippen LogP contribution < -0.4 is 0 Å². The van der Waals surface area contributed by atoms with Crippen LogP contribution in [0.1, 0.15) is 16.7 Å². The lowest BCUT2D eigenvalue weighted by atomic mass is 9.90. The summed E-state index contributed by atoms with van der Waals surface area (Å²) in [5.41, 5.74) is 11.7. The van der Waals surface area contributed by atoms with Crippen LogP contribution in [0.3, 0.4) is 0 Å². The second kappa shape index (κ2) is 15.4. The van der Waals surface area contributed by atoms with E-state index < -0.39 is 0 Å². The monoisotopic (exact) mass is 716 g/mol. The average molecular weight is 717 g/mol. The number of benzene rings is 8. The molecule has 8 aromatic carbocycles. The van der Waals surface area contributed by atoms with Crippen LogP contribution in [0.25, 0.3) is 72.8 Å². The summed E-state index contributed by atoms with van der Waals surface area (Å²) in [7, 11) is 0. The number of rotatable bonds is 9. The van der Waals surface area contributed by atoms with Crippen molar-refractivity contribution in [2.24, 2.45) is 0 Å². The van der Waals surface area contributed by atoms with Gasteiger partial charge < -0.3 is 5.41 Å². The van der Waals surface area contributed by atoms with Crippen LogP contribution in [-0.2, 0) is 0 Å². The minimum Gasteiger partial charge on any atom is -0.300 e. The number of nitrogens with zero attached hydrogens (tertiary/aromatic N) is 3. The first-order chi connectivity index (χ1) is 27.7. The quantitative estimate of drug-likeness (QED) is 0.151. The lowest BCUT2D eigenvalue weighted by Crippen LogP contribution is -2.00. The maximum Gasteiger partial charge on any atom is 0.164 e. The molecule has 4 nitrogen and oxygen atoms in total. The van der Waals surface area contributed by atoms with Crippen molar-refractivity contribution in [1.29, 1.82) is 5.41 Å². The third-order valence-electron chi connectivity index (χ3n) is 10.0. The molecule has 1 heterocycles. The topological polar surface area (TPSA) is 62.5 Å². The SMILES string of the molecule is N=C(/C=C(/c1ccccc1)c1cccc2ccc(-c3ccc(-c4nc(-c5ccccc5)nc(-c5cccc(-c6ccccc6)c5)n4)cc3)cc12)c1ccccc1. The molecule has 0 amide bonds. The van der Waals surface area contributed by atoms with Crippen LogP contribution in [-0.4, -0.2) is 20.7 Å². The lowest BCUT2D eigenvalue weighted by molar-refractivity contribution is 1.07. The van der Waals surface area contributed by atoms with Gasteiger partial charge in [0.15, 0.2) is 17.5 Å². The minimum absolute atomic E-state index is 0.467. The van der Waals surface area contributed by atoms with E-state index in [9.17, 15) is 0 Å². The highest BCUT2D eigenvalue weighted by Crippen LogP contribution is 2.35. The summed E-state index contributed by atoms with van der Waals surface area (Å²) in [6.07, 6.45) is 1.99. The molecule has 0 aliphatic rings. The number of fused-ring (bicyclic) bond motifs is 1. The first-order valence-corrected chi connectivity index (χ1v) is 18.7. The van der Waals surface area contributed by atoms with Crippen LogP contribution in [0.4, 0.5) is 0 Å². The predicted molar refractivity (Wildman–Crippen MR) is 231 cm³/mol. The van der Waals surface area contributed by atoms with Crippen molar-refractivity contribution < 1.29 is 0 Å². The van der Waals surface area contributed by atoms with Crippen molar-refractivity contribution in [2.45, 2.75) is 0 Å². The van der Waals surface area contributed by atoms with E-state index in [4.69, 9.17) is 20.4 Å². The Kier molecular flexibility index (Phi) is 9.43. The second-order valence-corrected chi connectivity index (χ2v) is 13.6. The Morgan fingerprint density at radius 3 is 1.46 bits per heavy atom. The van der Waals surface area contributed by atoms with Gasteiger partial charge in [-0.3, -0.25) is 0 Å². The Morgan fingerprint density at radius 2 is 0.804 bits per heavy atom. The number of hydrogen-bond acceptors (Lipinski definition) is 4. The molecule has 0 fully saturated rings. The minimum atomic E-state index is 0.467. The van der Waals surface area contributed by atoms with E-state index >= 15 is 0 Å². The maximum atomic E-state index is 9.01. The van der Waals surface area contributed by atoms with Gasteiger partial charge in [-0.05, 0) is 73.5 Å². The van der Waals surface area contributed by atoms with Crippen molar-refractivity contribution in [1.82, 2.24) is 15.0 Å². The third kappa shape index (κ3) is 7.20. The predicted octanol–water partition coefficient (Wildman–Crippen LogP) is 12.9. The molecule has 0 aliphatic carbocycles. The van der Waals surface area contributed by atoms with Gasteiger partial charge >= 0.3 is 0 Å². The van der Waals surface area contributed by atoms with E-state index in [1.807, 2.05) is 91.0 Å². The molecule has 4 heteroatoms. The Hall–Kier alpha value is -7.56. The lowest BCUT2D eigenvalue weighted by Gasteiger charge is -2.14. The van der Waals surface area contributed by atoms with Crippen molar-refractivity contribution in [3.05, 3.63) is 229 Å². The van der Waals surface area contributed by atoms with Crippen molar-refractivity contribution >= 4 is 22.1 Å². The summed E-state index contributed by atoms with van der Waals surface area (Å²) in [4.78, 5) is 15.0. The standard InChI is InChI=1S/C52H36N4/c53-49(40-19-9-3-10-20-40)35-48(38-17-7-2-8-18-38)46-26-14-23-39-29-32-44(34-47(39)46)37-27-30-42(31-28-37)51-54-50(41-21-11-4-12-22-41)55-52(56-51)45-25-13-24-43(33-45)36-15-5-1-6-16-36/h1-35,53H/b48-35-,53-49?. The highest BCUT2D eigenvalue weighted by molar-refractivity contribution is 6.13. The summed E-state index contributed by atoms with van der Waals surface area (Å²) in [5.74, 6) is 1.87. The van der Waals surface area contributed by atoms with Crippen LogP contribution in [0.15, 0.2) is 212 Å². The van der Waals surface area contributed by atoms with Crippen LogP contribution >= 0.6 is 0 Å². The third-order valence-corrected chi connectivity index (χ3v) is 10.0. The van der Waals surface area contributed by atoms with Gasteiger partial charge in [-0.15, -0.1) is 0 Å². The molecule has 56 heavy (non-hydrogen) atoms. The zero-order valence-electron chi connectivity index (χ0n) is 30.5. The molecule has 0 saturated carbocycles. The van der Waals surface area contributed by atoms with Crippen molar-refractivity contribution in [2.75, 3.05) is 0 Å². The van der Waals surface area contributed by atoms with Gasteiger partial charge in [0.1, 0.15) is 0 Å². The molecule has 0 atom stereocenters. The fourth-order valence-electron chi connectivity index (χ4n) is 7.10. The fourth-order valence-corrected chi connectivity index (χ4v) is 7.10. The number of allylic oxidation sites excluding steroid dienone is 1. The molecule has 0 bridgehead atoms. The van der Waals surface area contributed by atoms with Gasteiger partial charge in [0.2, 0.25) is 0 Å². The number of hydrogen-bond donors (Lipinski definition) is 1. The van der Waals surface area contributed by atoms with Gasteiger partial charge in [0.05, 0.1) is 5.71 Å². The first-order valence-electron chi connectivity index (χ1n) is 18.7. The molecule has 0 radical (unpaired) electrons. The van der Waals surface area contributed by atoms with Gasteiger partial charge in [-0.25, -0.2) is 15.0 Å². The smallest absolute Gasteiger partial charge is 0.164 e. The van der Waals surface area contributed by atoms with E-state index in [0.717, 1.165) is 72.0 Å². The molecule has 1 aromatic heterocycles. The second-order valence-electron chi connectivity index (χ2n) is 13.6. The summed E-state index contributed by atoms with van der Waals surface area (Å²) in [5, 5.41) is 11.3. The van der Waals surface area contributed by atoms with Crippen molar-refractivity contribution in [3.63, 3.8) is 0 Å². The van der Waals surface area contributed by atoms with E-state index in [1.165, 1.54) is 0 Å². The Balaban J connectivity index is 1.10. The number of nitrogens with one attached hydrogen (secondary N) is 1. The molecule has 0 unspecified atom stereocenters. The molecular weight excluding hydrogens is 681 g/mol. The summed E-state index contributed by atoms with van der Waals surface area (Å²) >= 11 is 0. The van der Waals surface area contributed by atoms with Crippen LogP contribution in [0.2, 0.25) is 0 Å². The van der Waals surface area contributed by atoms with E-state index in [0.29, 0.717) is 23.2 Å². The molecule has 0 saturated heterocycles. The van der Waals surface area contributed by atoms with Crippen molar-refractivity contribution in [3.8, 4) is 56.4 Å². The van der Waals surface area contributed by atoms with Gasteiger partial charge in [0, 0.05) is 16.7 Å². The van der Waals surface area contributed by atoms with E-state index in [2.05, 4.69) is 121 Å². The zero-order chi connectivity index (χ0) is 37.7. The fraction of sp³-hybridized carbons (Fsp3) is 0. The van der Waals surface area contributed by atoms with Gasteiger partial charge in [-0.1, -0.05) is 194 Å². The molecule has 264 valence electrons. The molecule has 0 aliphatic heterocycles. The Labute approximate surface area is 326 Å².